The van der Waals surface area contributed by atoms with Crippen LogP contribution in [0.1, 0.15) is 18.9 Å². The van der Waals surface area contributed by atoms with Crippen molar-refractivity contribution in [3.63, 3.8) is 0 Å². The number of aliphatic hydroxyl groups excluding tert-OH is 1. The van der Waals surface area contributed by atoms with Crippen LogP contribution in [0.3, 0.4) is 0 Å². The van der Waals surface area contributed by atoms with Gasteiger partial charge in [-0.3, -0.25) is 9.10 Å². The molecule has 0 unspecified atom stereocenters. The number of nitrogens with one attached hydrogen (secondary N) is 1. The second-order valence-electron chi connectivity index (χ2n) is 6.19. The zero-order valence-electron chi connectivity index (χ0n) is 16.1. The number of carbonyl (C=O) groups excluding carboxylic acids is 1. The standard InChI is InChI=1S/C20H26N2O5S/c1-3-22(28(25,26)19-11-5-16(2)6-12-19)17-7-9-18(10-8-17)27-15-20(24)21-13-4-14-23/h5-12,23H,3-4,13-15H2,1-2H3,(H,21,24). The average molecular weight is 407 g/mol. The first-order chi connectivity index (χ1) is 13.4. The van der Waals surface area contributed by atoms with Crippen molar-refractivity contribution in [2.75, 3.05) is 30.6 Å². The summed E-state index contributed by atoms with van der Waals surface area (Å²) >= 11 is 0. The van der Waals surface area contributed by atoms with Crippen LogP contribution in [0.5, 0.6) is 5.75 Å². The number of aliphatic hydroxyl groups is 1. The van der Waals surface area contributed by atoms with Crippen LogP contribution in [0.2, 0.25) is 0 Å². The van der Waals surface area contributed by atoms with Gasteiger partial charge in [0.05, 0.1) is 10.6 Å². The number of ether oxygens (including phenoxy) is 1. The molecule has 152 valence electrons. The highest BCUT2D eigenvalue weighted by Crippen LogP contribution is 2.25. The lowest BCUT2D eigenvalue weighted by molar-refractivity contribution is -0.123. The molecule has 0 atom stereocenters. The van der Waals surface area contributed by atoms with E-state index in [2.05, 4.69) is 5.32 Å². The number of carbonyl (C=O) groups is 1. The lowest BCUT2D eigenvalue weighted by Gasteiger charge is -2.23. The van der Waals surface area contributed by atoms with E-state index in [0.29, 0.717) is 24.4 Å². The Labute approximate surface area is 166 Å². The van der Waals surface area contributed by atoms with Crippen molar-refractivity contribution in [2.24, 2.45) is 0 Å². The molecule has 0 spiro atoms. The Kier molecular flexibility index (Phi) is 7.83. The van der Waals surface area contributed by atoms with Crippen molar-refractivity contribution in [3.8, 4) is 5.75 Å². The SMILES string of the molecule is CCN(c1ccc(OCC(=O)NCCCO)cc1)S(=O)(=O)c1ccc(C)cc1. The van der Waals surface area contributed by atoms with Gasteiger partial charge in [-0.2, -0.15) is 0 Å². The second-order valence-corrected chi connectivity index (χ2v) is 8.05. The third kappa shape index (κ3) is 5.71. The van der Waals surface area contributed by atoms with Gasteiger partial charge in [0, 0.05) is 19.7 Å². The Morgan fingerprint density at radius 2 is 1.75 bits per heavy atom. The molecule has 0 aliphatic heterocycles. The number of anilines is 1. The van der Waals surface area contributed by atoms with E-state index in [4.69, 9.17) is 9.84 Å². The van der Waals surface area contributed by atoms with Crippen LogP contribution in [-0.2, 0) is 14.8 Å². The highest BCUT2D eigenvalue weighted by atomic mass is 32.2. The molecule has 0 radical (unpaired) electrons. The maximum Gasteiger partial charge on any atom is 0.264 e. The topological polar surface area (TPSA) is 95.9 Å². The highest BCUT2D eigenvalue weighted by Gasteiger charge is 2.23. The quantitative estimate of drug-likeness (QED) is 0.589. The fraction of sp³-hybridized carbons (Fsp3) is 0.350. The van der Waals surface area contributed by atoms with Crippen molar-refractivity contribution in [3.05, 3.63) is 54.1 Å². The summed E-state index contributed by atoms with van der Waals surface area (Å²) in [6.45, 7) is 4.21. The normalized spacial score (nSPS) is 11.1. The molecule has 0 bridgehead atoms. The molecule has 0 fully saturated rings. The van der Waals surface area contributed by atoms with Crippen molar-refractivity contribution in [2.45, 2.75) is 25.2 Å². The summed E-state index contributed by atoms with van der Waals surface area (Å²) in [4.78, 5) is 11.9. The Hall–Kier alpha value is -2.58. The van der Waals surface area contributed by atoms with Gasteiger partial charge in [0.15, 0.2) is 6.61 Å². The molecule has 8 heteroatoms. The molecule has 28 heavy (non-hydrogen) atoms. The molecular weight excluding hydrogens is 380 g/mol. The van der Waals surface area contributed by atoms with Crippen LogP contribution in [0.15, 0.2) is 53.4 Å². The first-order valence-corrected chi connectivity index (χ1v) is 10.5. The Morgan fingerprint density at radius 3 is 2.32 bits per heavy atom. The van der Waals surface area contributed by atoms with E-state index in [0.717, 1.165) is 5.56 Å². The van der Waals surface area contributed by atoms with E-state index in [1.807, 2.05) is 6.92 Å². The van der Waals surface area contributed by atoms with Crippen LogP contribution < -0.4 is 14.4 Å². The van der Waals surface area contributed by atoms with E-state index in [-0.39, 0.29) is 30.6 Å². The molecular formula is C20H26N2O5S. The van der Waals surface area contributed by atoms with Crippen LogP contribution >= 0.6 is 0 Å². The first kappa shape index (κ1) is 21.7. The van der Waals surface area contributed by atoms with Crippen LogP contribution in [0.25, 0.3) is 0 Å². The van der Waals surface area contributed by atoms with Crippen molar-refractivity contribution < 1.29 is 23.1 Å². The van der Waals surface area contributed by atoms with Gasteiger partial charge >= 0.3 is 0 Å². The number of sulfonamides is 1. The number of hydrogen-bond donors (Lipinski definition) is 2. The molecule has 2 N–H and O–H groups in total. The van der Waals surface area contributed by atoms with E-state index in [9.17, 15) is 13.2 Å². The Bertz CT molecular complexity index is 864. The maximum absolute atomic E-state index is 12.9. The van der Waals surface area contributed by atoms with Crippen LogP contribution in [0, 0.1) is 6.92 Å². The molecule has 0 aromatic heterocycles. The minimum atomic E-state index is -3.66. The molecule has 2 aromatic carbocycles. The minimum Gasteiger partial charge on any atom is -0.484 e. The number of aryl methyl sites for hydroxylation is 1. The average Bonchev–Trinajstić information content (AvgIpc) is 2.68. The van der Waals surface area contributed by atoms with Crippen molar-refractivity contribution in [1.82, 2.24) is 5.32 Å². The number of benzene rings is 2. The first-order valence-electron chi connectivity index (χ1n) is 9.08. The largest absolute Gasteiger partial charge is 0.484 e. The summed E-state index contributed by atoms with van der Waals surface area (Å²) < 4.78 is 32.6. The molecule has 1 amide bonds. The maximum atomic E-state index is 12.9. The van der Waals surface area contributed by atoms with E-state index >= 15 is 0 Å². The smallest absolute Gasteiger partial charge is 0.264 e. The van der Waals surface area contributed by atoms with Crippen molar-refractivity contribution >= 4 is 21.6 Å². The van der Waals surface area contributed by atoms with Crippen molar-refractivity contribution in [1.29, 1.82) is 0 Å². The number of hydrogen-bond acceptors (Lipinski definition) is 5. The number of rotatable bonds is 10. The molecule has 2 aromatic rings. The van der Waals surface area contributed by atoms with Crippen LogP contribution in [0.4, 0.5) is 5.69 Å². The Morgan fingerprint density at radius 1 is 1.11 bits per heavy atom. The fourth-order valence-corrected chi connectivity index (χ4v) is 4.02. The fourth-order valence-electron chi connectivity index (χ4n) is 2.54. The van der Waals surface area contributed by atoms with Crippen LogP contribution in [-0.4, -0.2) is 45.7 Å². The molecule has 7 nitrogen and oxygen atoms in total. The predicted octanol–water partition coefficient (Wildman–Crippen LogP) is 2.09. The zero-order valence-corrected chi connectivity index (χ0v) is 16.9. The molecule has 2 rings (SSSR count). The summed E-state index contributed by atoms with van der Waals surface area (Å²) in [5.41, 5.74) is 1.51. The second kappa shape index (κ2) is 10.1. The zero-order chi connectivity index (χ0) is 20.6. The molecule has 0 aliphatic carbocycles. The number of nitrogens with zero attached hydrogens (tertiary/aromatic N) is 1. The molecule has 0 aliphatic rings. The Balaban J connectivity index is 2.06. The highest BCUT2D eigenvalue weighted by molar-refractivity contribution is 7.92. The van der Waals surface area contributed by atoms with Gasteiger partial charge < -0.3 is 15.2 Å². The van der Waals surface area contributed by atoms with E-state index < -0.39 is 10.0 Å². The number of amides is 1. The van der Waals surface area contributed by atoms with Gasteiger partial charge in [0.1, 0.15) is 5.75 Å². The van der Waals surface area contributed by atoms with E-state index in [1.165, 1.54) is 4.31 Å². The van der Waals surface area contributed by atoms with Gasteiger partial charge in [-0.05, 0) is 56.7 Å². The molecule has 0 saturated carbocycles. The molecule has 0 saturated heterocycles. The predicted molar refractivity (Wildman–Crippen MR) is 108 cm³/mol. The summed E-state index contributed by atoms with van der Waals surface area (Å²) in [7, 11) is -3.66. The van der Waals surface area contributed by atoms with Gasteiger partial charge in [-0.25, -0.2) is 8.42 Å². The summed E-state index contributed by atoms with van der Waals surface area (Å²) in [5, 5.41) is 11.3. The van der Waals surface area contributed by atoms with Gasteiger partial charge in [-0.15, -0.1) is 0 Å². The van der Waals surface area contributed by atoms with Gasteiger partial charge in [0.2, 0.25) is 0 Å². The molecule has 0 heterocycles. The lowest BCUT2D eigenvalue weighted by Crippen LogP contribution is -2.31. The lowest BCUT2D eigenvalue weighted by atomic mass is 10.2. The van der Waals surface area contributed by atoms with Gasteiger partial charge in [0.25, 0.3) is 15.9 Å². The minimum absolute atomic E-state index is 0.0159. The van der Waals surface area contributed by atoms with Gasteiger partial charge in [-0.1, -0.05) is 17.7 Å². The third-order valence-electron chi connectivity index (χ3n) is 4.05. The summed E-state index contributed by atoms with van der Waals surface area (Å²) in [6.07, 6.45) is 0.489. The summed E-state index contributed by atoms with van der Waals surface area (Å²) in [6, 6.07) is 13.3. The van der Waals surface area contributed by atoms with E-state index in [1.54, 1.807) is 55.5 Å². The summed E-state index contributed by atoms with van der Waals surface area (Å²) in [5.74, 6) is 0.180. The monoisotopic (exact) mass is 406 g/mol. The third-order valence-corrected chi connectivity index (χ3v) is 5.97.